The van der Waals surface area contributed by atoms with Crippen LogP contribution in [-0.4, -0.2) is 13.7 Å². The number of hydrogen-bond donors (Lipinski definition) is 1. The first-order valence-electron chi connectivity index (χ1n) is 7.29. The van der Waals surface area contributed by atoms with Gasteiger partial charge in [-0.25, -0.2) is 0 Å². The van der Waals surface area contributed by atoms with Crippen LogP contribution in [0.4, 0.5) is 0 Å². The highest BCUT2D eigenvalue weighted by Gasteiger charge is 2.15. The fraction of sp³-hybridized carbons (Fsp3) is 0.625. The highest BCUT2D eigenvalue weighted by Crippen LogP contribution is 2.31. The van der Waals surface area contributed by atoms with Crippen LogP contribution in [0.5, 0.6) is 5.75 Å². The van der Waals surface area contributed by atoms with Crippen molar-refractivity contribution in [2.75, 3.05) is 13.7 Å². The van der Waals surface area contributed by atoms with Gasteiger partial charge in [-0.05, 0) is 37.6 Å². The maximum atomic E-state index is 5.51. The fourth-order valence-electron chi connectivity index (χ4n) is 2.26. The molecule has 2 nitrogen and oxygen atoms in total. The minimum Gasteiger partial charge on any atom is -0.496 e. The minimum atomic E-state index is 0.388. The Balaban J connectivity index is 2.84. The van der Waals surface area contributed by atoms with Gasteiger partial charge in [0.05, 0.1) is 7.11 Å². The van der Waals surface area contributed by atoms with Gasteiger partial charge in [0.1, 0.15) is 5.75 Å². The normalized spacial score (nSPS) is 12.4. The van der Waals surface area contributed by atoms with Gasteiger partial charge in [-0.3, -0.25) is 0 Å². The number of benzene rings is 1. The van der Waals surface area contributed by atoms with Crippen LogP contribution in [0.3, 0.4) is 0 Å². The molecule has 1 aromatic rings. The van der Waals surface area contributed by atoms with Gasteiger partial charge in [0.2, 0.25) is 0 Å². The molecule has 3 heteroatoms. The number of ether oxygens (including phenoxy) is 1. The molecular weight excluding hydrogens is 302 g/mol. The second-order valence-electron chi connectivity index (χ2n) is 4.89. The predicted octanol–water partition coefficient (Wildman–Crippen LogP) is 5.08. The van der Waals surface area contributed by atoms with Gasteiger partial charge >= 0.3 is 0 Å². The summed E-state index contributed by atoms with van der Waals surface area (Å²) in [6.07, 6.45) is 6.13. The third-order valence-electron chi connectivity index (χ3n) is 3.30. The molecule has 0 saturated carbocycles. The second-order valence-corrected chi connectivity index (χ2v) is 5.80. The van der Waals surface area contributed by atoms with E-state index in [1.807, 2.05) is 12.1 Å². The topological polar surface area (TPSA) is 21.3 Å². The summed E-state index contributed by atoms with van der Waals surface area (Å²) in [5.41, 5.74) is 1.27. The summed E-state index contributed by atoms with van der Waals surface area (Å²) in [5, 5.41) is 3.65. The zero-order valence-electron chi connectivity index (χ0n) is 12.3. The van der Waals surface area contributed by atoms with E-state index in [-0.39, 0.29) is 0 Å². The van der Waals surface area contributed by atoms with Crippen molar-refractivity contribution in [2.24, 2.45) is 0 Å². The molecule has 0 bridgehead atoms. The number of nitrogens with one attached hydrogen (secondary N) is 1. The lowest BCUT2D eigenvalue weighted by molar-refractivity contribution is 0.391. The molecule has 0 saturated heterocycles. The van der Waals surface area contributed by atoms with Crippen molar-refractivity contribution >= 4 is 15.9 Å². The zero-order valence-corrected chi connectivity index (χ0v) is 13.9. The van der Waals surface area contributed by atoms with Crippen molar-refractivity contribution < 1.29 is 4.74 Å². The van der Waals surface area contributed by atoms with Crippen LogP contribution in [0.1, 0.15) is 57.6 Å². The first-order chi connectivity index (χ1) is 9.22. The maximum absolute atomic E-state index is 5.51. The molecule has 0 heterocycles. The summed E-state index contributed by atoms with van der Waals surface area (Å²) < 4.78 is 6.62. The fourth-order valence-corrected chi connectivity index (χ4v) is 2.64. The Bertz CT molecular complexity index is 368. The van der Waals surface area contributed by atoms with Crippen LogP contribution >= 0.6 is 15.9 Å². The molecule has 1 rings (SSSR count). The summed E-state index contributed by atoms with van der Waals surface area (Å²) in [6, 6.07) is 6.64. The Kier molecular flexibility index (Phi) is 8.15. The Hall–Kier alpha value is -0.540. The third kappa shape index (κ3) is 5.53. The van der Waals surface area contributed by atoms with Crippen molar-refractivity contribution in [3.63, 3.8) is 0 Å². The number of unbranched alkanes of at least 4 members (excludes halogenated alkanes) is 2. The molecule has 1 N–H and O–H groups in total. The van der Waals surface area contributed by atoms with E-state index in [1.54, 1.807) is 7.11 Å². The molecule has 1 unspecified atom stereocenters. The lowest BCUT2D eigenvalue weighted by Gasteiger charge is -2.21. The lowest BCUT2D eigenvalue weighted by Crippen LogP contribution is -2.22. The van der Waals surface area contributed by atoms with E-state index in [0.29, 0.717) is 6.04 Å². The summed E-state index contributed by atoms with van der Waals surface area (Å²) in [6.45, 7) is 5.49. The maximum Gasteiger partial charge on any atom is 0.123 e. The highest BCUT2D eigenvalue weighted by molar-refractivity contribution is 9.10. The standard InChI is InChI=1S/C16H26BrNO/c1-4-6-7-8-15(18-11-5-2)14-12-13(17)9-10-16(14)19-3/h9-10,12,15,18H,4-8,11H2,1-3H3. The van der Waals surface area contributed by atoms with Crippen LogP contribution in [0.15, 0.2) is 22.7 Å². The SMILES string of the molecule is CCCCCC(NCCC)c1cc(Br)ccc1OC. The van der Waals surface area contributed by atoms with Gasteiger partial charge in [-0.1, -0.05) is 49.0 Å². The molecule has 0 amide bonds. The first kappa shape index (κ1) is 16.5. The average molecular weight is 328 g/mol. The van der Waals surface area contributed by atoms with Crippen LogP contribution in [0.2, 0.25) is 0 Å². The van der Waals surface area contributed by atoms with Crippen molar-refractivity contribution in [3.8, 4) is 5.75 Å². The van der Waals surface area contributed by atoms with Crippen LogP contribution in [0, 0.1) is 0 Å². The van der Waals surface area contributed by atoms with Crippen LogP contribution < -0.4 is 10.1 Å². The largest absolute Gasteiger partial charge is 0.496 e. The average Bonchev–Trinajstić information content (AvgIpc) is 2.42. The zero-order chi connectivity index (χ0) is 14.1. The van der Waals surface area contributed by atoms with Gasteiger partial charge < -0.3 is 10.1 Å². The summed E-state index contributed by atoms with van der Waals surface area (Å²) >= 11 is 3.56. The van der Waals surface area contributed by atoms with E-state index in [1.165, 1.54) is 31.2 Å². The molecule has 0 aliphatic carbocycles. The van der Waals surface area contributed by atoms with Gasteiger partial charge in [0, 0.05) is 16.1 Å². The summed E-state index contributed by atoms with van der Waals surface area (Å²) in [7, 11) is 1.75. The minimum absolute atomic E-state index is 0.388. The number of hydrogen-bond acceptors (Lipinski definition) is 2. The molecule has 0 radical (unpaired) electrons. The van der Waals surface area contributed by atoms with Gasteiger partial charge in [-0.2, -0.15) is 0 Å². The van der Waals surface area contributed by atoms with Crippen LogP contribution in [0.25, 0.3) is 0 Å². The number of methoxy groups -OCH3 is 1. The van der Waals surface area contributed by atoms with Gasteiger partial charge in [0.15, 0.2) is 0 Å². The Labute approximate surface area is 126 Å². The molecule has 1 aromatic carbocycles. The smallest absolute Gasteiger partial charge is 0.123 e. The summed E-state index contributed by atoms with van der Waals surface area (Å²) in [4.78, 5) is 0. The number of halogens is 1. The first-order valence-corrected chi connectivity index (χ1v) is 8.09. The third-order valence-corrected chi connectivity index (χ3v) is 3.80. The van der Waals surface area contributed by atoms with Crippen molar-refractivity contribution in [1.29, 1.82) is 0 Å². The molecule has 0 aromatic heterocycles. The summed E-state index contributed by atoms with van der Waals surface area (Å²) in [5.74, 6) is 0.980. The monoisotopic (exact) mass is 327 g/mol. The molecule has 19 heavy (non-hydrogen) atoms. The Morgan fingerprint density at radius 3 is 2.63 bits per heavy atom. The van der Waals surface area contributed by atoms with E-state index in [0.717, 1.165) is 23.2 Å². The quantitative estimate of drug-likeness (QED) is 0.638. The second kappa shape index (κ2) is 9.38. The van der Waals surface area contributed by atoms with Crippen molar-refractivity contribution in [2.45, 2.75) is 52.0 Å². The van der Waals surface area contributed by atoms with Crippen molar-refractivity contribution in [3.05, 3.63) is 28.2 Å². The molecular formula is C16H26BrNO. The van der Waals surface area contributed by atoms with Gasteiger partial charge in [0.25, 0.3) is 0 Å². The van der Waals surface area contributed by atoms with E-state index in [9.17, 15) is 0 Å². The Morgan fingerprint density at radius 1 is 1.21 bits per heavy atom. The molecule has 0 fully saturated rings. The molecule has 1 atom stereocenters. The van der Waals surface area contributed by atoms with Crippen LogP contribution in [-0.2, 0) is 0 Å². The molecule has 0 aliphatic heterocycles. The molecule has 0 spiro atoms. The van der Waals surface area contributed by atoms with E-state index >= 15 is 0 Å². The predicted molar refractivity (Wildman–Crippen MR) is 85.9 cm³/mol. The van der Waals surface area contributed by atoms with E-state index in [2.05, 4.69) is 41.2 Å². The molecule has 0 aliphatic rings. The van der Waals surface area contributed by atoms with E-state index in [4.69, 9.17) is 4.74 Å². The van der Waals surface area contributed by atoms with Crippen molar-refractivity contribution in [1.82, 2.24) is 5.32 Å². The van der Waals surface area contributed by atoms with E-state index < -0.39 is 0 Å². The Morgan fingerprint density at radius 2 is 2.00 bits per heavy atom. The number of rotatable bonds is 9. The lowest BCUT2D eigenvalue weighted by atomic mass is 9.99. The highest BCUT2D eigenvalue weighted by atomic mass is 79.9. The van der Waals surface area contributed by atoms with Gasteiger partial charge in [-0.15, -0.1) is 0 Å². The molecule has 108 valence electrons.